The molecule has 1 atom stereocenters. The van der Waals surface area contributed by atoms with Crippen molar-refractivity contribution in [3.63, 3.8) is 0 Å². The van der Waals surface area contributed by atoms with Crippen LogP contribution in [0.1, 0.15) is 41.9 Å². The Labute approximate surface area is 155 Å². The number of halogens is 2. The highest BCUT2D eigenvalue weighted by Crippen LogP contribution is 2.17. The topological polar surface area (TPSA) is 74.6 Å². The quantitative estimate of drug-likeness (QED) is 0.859. The zero-order valence-electron chi connectivity index (χ0n) is 14.9. The molecule has 1 fully saturated rings. The van der Waals surface area contributed by atoms with Gasteiger partial charge in [0.05, 0.1) is 12.3 Å². The van der Waals surface area contributed by atoms with Crippen molar-refractivity contribution in [3.05, 3.63) is 59.6 Å². The molecule has 3 amide bonds. The molecule has 1 aromatic carbocycles. The van der Waals surface area contributed by atoms with Crippen molar-refractivity contribution >= 4 is 11.9 Å². The molecule has 144 valence electrons. The molecule has 8 heteroatoms. The Bertz CT molecular complexity index is 803. The number of urea groups is 1. The second kappa shape index (κ2) is 8.20. The number of nitrogens with one attached hydrogen (secondary N) is 2. The summed E-state index contributed by atoms with van der Waals surface area (Å²) in [5.41, 5.74) is 0.475. The van der Waals surface area contributed by atoms with Gasteiger partial charge in [0, 0.05) is 19.1 Å². The van der Waals surface area contributed by atoms with Gasteiger partial charge in [0.15, 0.2) is 17.4 Å². The van der Waals surface area contributed by atoms with Crippen molar-refractivity contribution in [3.8, 4) is 0 Å². The van der Waals surface area contributed by atoms with Crippen LogP contribution in [0, 0.1) is 11.6 Å². The number of benzene rings is 1. The van der Waals surface area contributed by atoms with Crippen molar-refractivity contribution in [1.29, 1.82) is 0 Å². The van der Waals surface area contributed by atoms with Gasteiger partial charge in [0.2, 0.25) is 0 Å². The summed E-state index contributed by atoms with van der Waals surface area (Å²) in [7, 11) is 0. The van der Waals surface area contributed by atoms with Gasteiger partial charge in [-0.1, -0.05) is 6.07 Å². The first-order chi connectivity index (χ1) is 12.9. The largest absolute Gasteiger partial charge is 0.459 e. The van der Waals surface area contributed by atoms with E-state index in [4.69, 9.17) is 4.42 Å². The number of furan rings is 1. The van der Waals surface area contributed by atoms with Crippen LogP contribution in [-0.4, -0.2) is 36.0 Å². The van der Waals surface area contributed by atoms with E-state index in [0.29, 0.717) is 37.3 Å². The molecule has 1 aromatic heterocycles. The number of amides is 3. The van der Waals surface area contributed by atoms with Crippen LogP contribution in [0.25, 0.3) is 0 Å². The third kappa shape index (κ3) is 4.64. The Morgan fingerprint density at radius 3 is 2.56 bits per heavy atom. The van der Waals surface area contributed by atoms with Gasteiger partial charge < -0.3 is 20.0 Å². The maximum atomic E-state index is 13.3. The molecule has 1 unspecified atom stereocenters. The number of rotatable bonds is 4. The van der Waals surface area contributed by atoms with Crippen molar-refractivity contribution in [2.24, 2.45) is 0 Å². The molecule has 1 aliphatic rings. The number of hydrogen-bond donors (Lipinski definition) is 2. The van der Waals surface area contributed by atoms with E-state index in [0.717, 1.165) is 12.1 Å². The van der Waals surface area contributed by atoms with E-state index in [2.05, 4.69) is 10.6 Å². The third-order valence-electron chi connectivity index (χ3n) is 4.64. The molecule has 0 spiro atoms. The van der Waals surface area contributed by atoms with Crippen molar-refractivity contribution in [2.75, 3.05) is 13.1 Å². The number of piperidine rings is 1. The van der Waals surface area contributed by atoms with E-state index < -0.39 is 17.7 Å². The summed E-state index contributed by atoms with van der Waals surface area (Å²) in [6.07, 6.45) is 2.71. The van der Waals surface area contributed by atoms with E-state index in [1.165, 1.54) is 12.3 Å². The van der Waals surface area contributed by atoms with E-state index in [9.17, 15) is 18.4 Å². The van der Waals surface area contributed by atoms with Crippen molar-refractivity contribution in [1.82, 2.24) is 15.5 Å². The number of nitrogens with zero attached hydrogens (tertiary/aromatic N) is 1. The monoisotopic (exact) mass is 377 g/mol. The highest BCUT2D eigenvalue weighted by atomic mass is 19.2. The van der Waals surface area contributed by atoms with Gasteiger partial charge in [-0.05, 0) is 49.6 Å². The minimum absolute atomic E-state index is 0.0668. The lowest BCUT2D eigenvalue weighted by Gasteiger charge is -2.32. The van der Waals surface area contributed by atoms with Gasteiger partial charge in [-0.2, -0.15) is 0 Å². The van der Waals surface area contributed by atoms with Crippen LogP contribution in [0.4, 0.5) is 13.6 Å². The Morgan fingerprint density at radius 2 is 1.93 bits per heavy atom. The fraction of sp³-hybridized carbons (Fsp3) is 0.368. The lowest BCUT2D eigenvalue weighted by atomic mass is 10.0. The van der Waals surface area contributed by atoms with Gasteiger partial charge in [-0.25, -0.2) is 13.6 Å². The molecule has 27 heavy (non-hydrogen) atoms. The average Bonchev–Trinajstić information content (AvgIpc) is 3.18. The first-order valence-electron chi connectivity index (χ1n) is 8.79. The molecule has 2 N–H and O–H groups in total. The summed E-state index contributed by atoms with van der Waals surface area (Å²) in [6, 6.07) is 5.90. The maximum Gasteiger partial charge on any atom is 0.315 e. The predicted octanol–water partition coefficient (Wildman–Crippen LogP) is 3.22. The van der Waals surface area contributed by atoms with Gasteiger partial charge in [0.1, 0.15) is 0 Å². The molecule has 0 bridgehead atoms. The van der Waals surface area contributed by atoms with E-state index in [1.807, 2.05) is 0 Å². The summed E-state index contributed by atoms with van der Waals surface area (Å²) in [5, 5.41) is 5.57. The fourth-order valence-electron chi connectivity index (χ4n) is 3.07. The lowest BCUT2D eigenvalue weighted by Crippen LogP contribution is -2.49. The highest BCUT2D eigenvalue weighted by molar-refractivity contribution is 5.91. The molecule has 1 saturated heterocycles. The Hall–Kier alpha value is -2.90. The van der Waals surface area contributed by atoms with E-state index in [1.54, 1.807) is 24.0 Å². The van der Waals surface area contributed by atoms with Crippen LogP contribution in [0.15, 0.2) is 41.0 Å². The first-order valence-corrected chi connectivity index (χ1v) is 8.79. The van der Waals surface area contributed by atoms with Gasteiger partial charge in [-0.3, -0.25) is 4.79 Å². The Kier molecular flexibility index (Phi) is 5.73. The number of hydrogen-bond acceptors (Lipinski definition) is 3. The lowest BCUT2D eigenvalue weighted by molar-refractivity contribution is 0.0676. The minimum atomic E-state index is -0.949. The summed E-state index contributed by atoms with van der Waals surface area (Å²) >= 11 is 0. The predicted molar refractivity (Wildman–Crippen MR) is 94.1 cm³/mol. The van der Waals surface area contributed by atoms with Gasteiger partial charge >= 0.3 is 6.03 Å². The SMILES string of the molecule is CC(NC(=O)NC1CCN(C(=O)c2ccco2)CC1)c1ccc(F)c(F)c1. The number of carbonyl (C=O) groups is 2. The summed E-state index contributed by atoms with van der Waals surface area (Å²) in [5.74, 6) is -1.73. The van der Waals surface area contributed by atoms with Gasteiger partial charge in [-0.15, -0.1) is 0 Å². The van der Waals surface area contributed by atoms with Crippen molar-refractivity contribution < 1.29 is 22.8 Å². The number of likely N-dealkylation sites (tertiary alicyclic amines) is 1. The molecule has 2 aromatic rings. The van der Waals surface area contributed by atoms with Crippen molar-refractivity contribution in [2.45, 2.75) is 31.8 Å². The number of carbonyl (C=O) groups excluding carboxylic acids is 2. The molecular weight excluding hydrogens is 356 g/mol. The molecule has 0 radical (unpaired) electrons. The standard InChI is InChI=1S/C19H21F2N3O3/c1-12(13-4-5-15(20)16(21)11-13)22-19(26)23-14-6-8-24(9-7-14)18(25)17-3-2-10-27-17/h2-5,10-12,14H,6-9H2,1H3,(H2,22,23,26). The fourth-order valence-corrected chi connectivity index (χ4v) is 3.07. The summed E-state index contributed by atoms with van der Waals surface area (Å²) in [4.78, 5) is 26.1. The summed E-state index contributed by atoms with van der Waals surface area (Å²) < 4.78 is 31.4. The molecular formula is C19H21F2N3O3. The van der Waals surface area contributed by atoms with Gasteiger partial charge in [0.25, 0.3) is 5.91 Å². The third-order valence-corrected chi connectivity index (χ3v) is 4.64. The van der Waals surface area contributed by atoms with Crippen LogP contribution in [0.3, 0.4) is 0 Å². The Balaban J connectivity index is 1.46. The zero-order chi connectivity index (χ0) is 19.4. The second-order valence-electron chi connectivity index (χ2n) is 6.56. The van der Waals surface area contributed by atoms with Crippen LogP contribution in [0.5, 0.6) is 0 Å². The summed E-state index contributed by atoms with van der Waals surface area (Å²) in [6.45, 7) is 2.73. The molecule has 0 saturated carbocycles. The average molecular weight is 377 g/mol. The molecule has 0 aliphatic carbocycles. The molecule has 2 heterocycles. The maximum absolute atomic E-state index is 13.3. The molecule has 6 nitrogen and oxygen atoms in total. The van der Waals surface area contributed by atoms with E-state index >= 15 is 0 Å². The first kappa shape index (κ1) is 18.9. The van der Waals surface area contributed by atoms with Crippen LogP contribution in [-0.2, 0) is 0 Å². The zero-order valence-corrected chi connectivity index (χ0v) is 14.9. The molecule has 3 rings (SSSR count). The van der Waals surface area contributed by atoms with E-state index in [-0.39, 0.29) is 18.0 Å². The molecule has 1 aliphatic heterocycles. The minimum Gasteiger partial charge on any atom is -0.459 e. The Morgan fingerprint density at radius 1 is 1.19 bits per heavy atom. The normalized spacial score (nSPS) is 16.0. The highest BCUT2D eigenvalue weighted by Gasteiger charge is 2.26. The smallest absolute Gasteiger partial charge is 0.315 e. The second-order valence-corrected chi connectivity index (χ2v) is 6.56. The van der Waals surface area contributed by atoms with Crippen LogP contribution in [0.2, 0.25) is 0 Å². The van der Waals surface area contributed by atoms with Crippen LogP contribution < -0.4 is 10.6 Å². The van der Waals surface area contributed by atoms with Crippen LogP contribution >= 0.6 is 0 Å².